The van der Waals surface area contributed by atoms with E-state index in [1.807, 2.05) is 36.4 Å². The summed E-state index contributed by atoms with van der Waals surface area (Å²) < 4.78 is 0. The largest absolute Gasteiger partial charge is 0.399 e. The molecule has 0 atom stereocenters. The minimum atomic E-state index is 0.822. The lowest BCUT2D eigenvalue weighted by molar-refractivity contribution is 1.27. The summed E-state index contributed by atoms with van der Waals surface area (Å²) in [5.74, 6) is 0. The highest BCUT2D eigenvalue weighted by molar-refractivity contribution is 5.78. The van der Waals surface area contributed by atoms with Crippen molar-refractivity contribution in [3.05, 3.63) is 145 Å². The molecule has 0 fully saturated rings. The highest BCUT2D eigenvalue weighted by atomic mass is 15.1. The lowest BCUT2D eigenvalue weighted by Crippen LogP contribution is -2.09. The summed E-state index contributed by atoms with van der Waals surface area (Å²) in [6.07, 6.45) is 0. The van der Waals surface area contributed by atoms with Crippen molar-refractivity contribution in [3.63, 3.8) is 0 Å². The van der Waals surface area contributed by atoms with Gasteiger partial charge in [0.15, 0.2) is 0 Å². The van der Waals surface area contributed by atoms with Gasteiger partial charge in [-0.1, -0.05) is 91.0 Å². The van der Waals surface area contributed by atoms with Crippen molar-refractivity contribution >= 4 is 22.7 Å². The van der Waals surface area contributed by atoms with Gasteiger partial charge in [-0.25, -0.2) is 0 Å². The van der Waals surface area contributed by atoms with Gasteiger partial charge in [0, 0.05) is 22.7 Å². The van der Waals surface area contributed by atoms with E-state index in [0.29, 0.717) is 0 Å². The van der Waals surface area contributed by atoms with Crippen LogP contribution in [-0.2, 0) is 0 Å². The Labute approximate surface area is 196 Å². The Morgan fingerprint density at radius 3 is 1.48 bits per heavy atom. The molecule has 0 aliphatic heterocycles. The Morgan fingerprint density at radius 1 is 0.455 bits per heavy atom. The van der Waals surface area contributed by atoms with Crippen LogP contribution in [0, 0.1) is 6.92 Å². The average Bonchev–Trinajstić information content (AvgIpc) is 2.87. The molecule has 0 aliphatic carbocycles. The van der Waals surface area contributed by atoms with Gasteiger partial charge in [0.2, 0.25) is 0 Å². The second-order valence-corrected chi connectivity index (χ2v) is 7.83. The number of rotatable bonds is 4. The molecule has 5 aromatic rings. The van der Waals surface area contributed by atoms with E-state index in [1.165, 1.54) is 22.4 Å². The number of nitrogens with zero attached hydrogens (tertiary/aromatic N) is 1. The van der Waals surface area contributed by atoms with Crippen LogP contribution in [0.3, 0.4) is 0 Å². The van der Waals surface area contributed by atoms with Gasteiger partial charge in [-0.3, -0.25) is 0 Å². The Bertz CT molecular complexity index is 1250. The third-order valence-corrected chi connectivity index (χ3v) is 5.31. The lowest BCUT2D eigenvalue weighted by Gasteiger charge is -2.26. The average molecular weight is 429 g/mol. The summed E-state index contributed by atoms with van der Waals surface area (Å²) >= 11 is 0. The summed E-state index contributed by atoms with van der Waals surface area (Å²) in [5, 5.41) is 0. The highest BCUT2D eigenvalue weighted by Gasteiger charge is 2.12. The van der Waals surface area contributed by atoms with Crippen LogP contribution in [0.25, 0.3) is 11.1 Å². The van der Waals surface area contributed by atoms with E-state index >= 15 is 0 Å². The minimum Gasteiger partial charge on any atom is -0.399 e. The summed E-state index contributed by atoms with van der Waals surface area (Å²) in [5.41, 5.74) is 13.4. The van der Waals surface area contributed by atoms with Gasteiger partial charge in [0.25, 0.3) is 0 Å². The molecule has 0 spiro atoms. The van der Waals surface area contributed by atoms with Crippen LogP contribution in [0.1, 0.15) is 5.56 Å². The van der Waals surface area contributed by atoms with E-state index in [4.69, 9.17) is 5.73 Å². The quantitative estimate of drug-likeness (QED) is 0.291. The first-order valence-electron chi connectivity index (χ1n) is 11.1. The molecule has 33 heavy (non-hydrogen) atoms. The number of hydrogen-bond acceptors (Lipinski definition) is 2. The number of nitrogens with two attached hydrogens (primary N) is 1. The fraction of sp³-hybridized carbons (Fsp3) is 0.0323. The van der Waals surface area contributed by atoms with Gasteiger partial charge >= 0.3 is 0 Å². The van der Waals surface area contributed by atoms with Crippen LogP contribution < -0.4 is 10.6 Å². The monoisotopic (exact) mass is 428 g/mol. The first kappa shape index (κ1) is 21.9. The maximum Gasteiger partial charge on any atom is 0.0464 e. The van der Waals surface area contributed by atoms with Gasteiger partial charge < -0.3 is 10.6 Å². The summed E-state index contributed by atoms with van der Waals surface area (Å²) in [7, 11) is 0. The normalized spacial score (nSPS) is 10.1. The predicted octanol–water partition coefficient (Wildman–Crippen LogP) is 8.40. The number of benzene rings is 5. The molecule has 5 rings (SSSR count). The molecule has 2 nitrogen and oxygen atoms in total. The standard InChI is InChI=1S/C25H21N.C6H7N/c1-20-9-8-14-25(19-20)26(23-12-6-3-7-13-23)24-17-15-22(16-18-24)21-10-4-2-5-11-21;7-6-4-2-1-3-5-6/h2-19H,1H3;1-5H,7H2. The fourth-order valence-electron chi connectivity index (χ4n) is 3.68. The van der Waals surface area contributed by atoms with Crippen LogP contribution in [0.4, 0.5) is 22.7 Å². The van der Waals surface area contributed by atoms with Gasteiger partial charge in [-0.2, -0.15) is 0 Å². The molecule has 162 valence electrons. The van der Waals surface area contributed by atoms with E-state index in [1.54, 1.807) is 0 Å². The Morgan fingerprint density at radius 2 is 0.939 bits per heavy atom. The van der Waals surface area contributed by atoms with E-state index in [-0.39, 0.29) is 0 Å². The molecule has 0 bridgehead atoms. The molecule has 0 saturated heterocycles. The SMILES string of the molecule is Cc1cccc(N(c2ccccc2)c2ccc(-c3ccccc3)cc2)c1.Nc1ccccc1. The zero-order valence-corrected chi connectivity index (χ0v) is 18.8. The van der Waals surface area contributed by atoms with E-state index in [0.717, 1.165) is 17.1 Å². The topological polar surface area (TPSA) is 29.3 Å². The van der Waals surface area contributed by atoms with Crippen molar-refractivity contribution in [3.8, 4) is 11.1 Å². The molecule has 5 aromatic carbocycles. The molecule has 2 heteroatoms. The first-order chi connectivity index (χ1) is 16.2. The fourth-order valence-corrected chi connectivity index (χ4v) is 3.68. The summed E-state index contributed by atoms with van der Waals surface area (Å²) in [6.45, 7) is 2.13. The van der Waals surface area contributed by atoms with Crippen molar-refractivity contribution in [2.24, 2.45) is 0 Å². The lowest BCUT2D eigenvalue weighted by atomic mass is 10.0. The Kier molecular flexibility index (Phi) is 7.19. The van der Waals surface area contributed by atoms with Crippen LogP contribution in [0.5, 0.6) is 0 Å². The van der Waals surface area contributed by atoms with Crippen molar-refractivity contribution in [1.29, 1.82) is 0 Å². The minimum absolute atomic E-state index is 0.822. The molecule has 0 aromatic heterocycles. The molecule has 0 heterocycles. The van der Waals surface area contributed by atoms with Gasteiger partial charge in [-0.05, 0) is 72.1 Å². The first-order valence-corrected chi connectivity index (χ1v) is 11.1. The van der Waals surface area contributed by atoms with Crippen LogP contribution >= 0.6 is 0 Å². The zero-order chi connectivity index (χ0) is 22.9. The van der Waals surface area contributed by atoms with E-state index in [2.05, 4.69) is 115 Å². The number of para-hydroxylation sites is 2. The maximum absolute atomic E-state index is 5.36. The molecule has 0 radical (unpaired) electrons. The van der Waals surface area contributed by atoms with Crippen molar-refractivity contribution in [1.82, 2.24) is 0 Å². The molecule has 0 amide bonds. The molecule has 0 aliphatic rings. The van der Waals surface area contributed by atoms with Crippen molar-refractivity contribution in [2.75, 3.05) is 10.6 Å². The van der Waals surface area contributed by atoms with Crippen LogP contribution in [-0.4, -0.2) is 0 Å². The number of hydrogen-bond donors (Lipinski definition) is 1. The Balaban J connectivity index is 0.000000318. The van der Waals surface area contributed by atoms with Crippen LogP contribution in [0.2, 0.25) is 0 Å². The van der Waals surface area contributed by atoms with Crippen molar-refractivity contribution in [2.45, 2.75) is 6.92 Å². The van der Waals surface area contributed by atoms with E-state index < -0.39 is 0 Å². The van der Waals surface area contributed by atoms with Gasteiger partial charge in [0.05, 0.1) is 0 Å². The Hall–Kier alpha value is -4.30. The molecule has 0 unspecified atom stereocenters. The second-order valence-electron chi connectivity index (χ2n) is 7.83. The third-order valence-electron chi connectivity index (χ3n) is 5.31. The van der Waals surface area contributed by atoms with Gasteiger partial charge in [-0.15, -0.1) is 0 Å². The van der Waals surface area contributed by atoms with Gasteiger partial charge in [0.1, 0.15) is 0 Å². The second kappa shape index (κ2) is 10.8. The molecular formula is C31H28N2. The summed E-state index contributed by atoms with van der Waals surface area (Å²) in [6, 6.07) is 47.9. The smallest absolute Gasteiger partial charge is 0.0464 e. The summed E-state index contributed by atoms with van der Waals surface area (Å²) in [4.78, 5) is 2.29. The molecular weight excluding hydrogens is 400 g/mol. The van der Waals surface area contributed by atoms with Crippen molar-refractivity contribution < 1.29 is 0 Å². The molecule has 0 saturated carbocycles. The van der Waals surface area contributed by atoms with E-state index in [9.17, 15) is 0 Å². The number of aryl methyl sites for hydroxylation is 1. The third kappa shape index (κ3) is 5.90. The maximum atomic E-state index is 5.36. The number of anilines is 4. The predicted molar refractivity (Wildman–Crippen MR) is 142 cm³/mol. The van der Waals surface area contributed by atoms with Crippen LogP contribution in [0.15, 0.2) is 140 Å². The molecule has 2 N–H and O–H groups in total. The number of nitrogen functional groups attached to an aromatic ring is 1. The zero-order valence-electron chi connectivity index (χ0n) is 18.8. The highest BCUT2D eigenvalue weighted by Crippen LogP contribution is 2.35.